The number of methoxy groups -OCH3 is 2. The Morgan fingerprint density at radius 1 is 1.00 bits per heavy atom. The lowest BCUT2D eigenvalue weighted by Crippen LogP contribution is -2.11. The van der Waals surface area contributed by atoms with Crippen LogP contribution in [0.3, 0.4) is 0 Å². The van der Waals surface area contributed by atoms with Crippen LogP contribution in [0.15, 0.2) is 30.3 Å². The van der Waals surface area contributed by atoms with Crippen molar-refractivity contribution in [1.29, 1.82) is 0 Å². The van der Waals surface area contributed by atoms with Gasteiger partial charge in [0.25, 0.3) is 0 Å². The standard InChI is InChI=1S/C17H22N2O5/c1-21-7-8-23-9-10-24-16-11-13(12-20)18-17(19-16)14-5-3-4-6-15(14)22-2/h3-6,11,20H,7-10,12H2,1-2H3. The van der Waals surface area contributed by atoms with Crippen molar-refractivity contribution in [3.8, 4) is 23.0 Å². The zero-order valence-corrected chi connectivity index (χ0v) is 13.9. The van der Waals surface area contributed by atoms with Crippen molar-refractivity contribution in [3.63, 3.8) is 0 Å². The summed E-state index contributed by atoms with van der Waals surface area (Å²) in [7, 11) is 3.21. The average Bonchev–Trinajstić information content (AvgIpc) is 2.64. The molecule has 0 amide bonds. The molecule has 2 rings (SSSR count). The van der Waals surface area contributed by atoms with E-state index in [2.05, 4.69) is 9.97 Å². The van der Waals surface area contributed by atoms with Gasteiger partial charge in [-0.15, -0.1) is 0 Å². The molecule has 24 heavy (non-hydrogen) atoms. The molecule has 7 nitrogen and oxygen atoms in total. The summed E-state index contributed by atoms with van der Waals surface area (Å²) in [6, 6.07) is 9.03. The van der Waals surface area contributed by atoms with E-state index in [4.69, 9.17) is 18.9 Å². The summed E-state index contributed by atoms with van der Waals surface area (Å²) >= 11 is 0. The summed E-state index contributed by atoms with van der Waals surface area (Å²) in [6.45, 7) is 1.62. The molecular weight excluding hydrogens is 312 g/mol. The van der Waals surface area contributed by atoms with Crippen molar-refractivity contribution in [2.75, 3.05) is 40.6 Å². The topological polar surface area (TPSA) is 82.9 Å². The number of rotatable bonds is 10. The number of aromatic nitrogens is 2. The molecule has 130 valence electrons. The average molecular weight is 334 g/mol. The number of benzene rings is 1. The predicted octanol–water partition coefficient (Wildman–Crippen LogP) is 1.69. The van der Waals surface area contributed by atoms with E-state index in [1.807, 2.05) is 24.3 Å². The second-order valence-corrected chi connectivity index (χ2v) is 4.83. The van der Waals surface area contributed by atoms with Crippen LogP contribution in [0.5, 0.6) is 11.6 Å². The van der Waals surface area contributed by atoms with E-state index in [0.29, 0.717) is 49.6 Å². The molecule has 0 unspecified atom stereocenters. The van der Waals surface area contributed by atoms with Crippen molar-refractivity contribution in [2.24, 2.45) is 0 Å². The van der Waals surface area contributed by atoms with Gasteiger partial charge < -0.3 is 24.1 Å². The highest BCUT2D eigenvalue weighted by Gasteiger charge is 2.11. The summed E-state index contributed by atoms with van der Waals surface area (Å²) in [5, 5.41) is 9.41. The van der Waals surface area contributed by atoms with E-state index >= 15 is 0 Å². The highest BCUT2D eigenvalue weighted by atomic mass is 16.5. The minimum atomic E-state index is -0.203. The van der Waals surface area contributed by atoms with Gasteiger partial charge in [-0.1, -0.05) is 12.1 Å². The van der Waals surface area contributed by atoms with Crippen LogP contribution in [0.1, 0.15) is 5.69 Å². The lowest BCUT2D eigenvalue weighted by Gasteiger charge is -2.11. The third-order valence-corrected chi connectivity index (χ3v) is 3.17. The molecule has 1 heterocycles. The van der Waals surface area contributed by atoms with Crippen molar-refractivity contribution in [1.82, 2.24) is 9.97 Å². The second-order valence-electron chi connectivity index (χ2n) is 4.83. The predicted molar refractivity (Wildman–Crippen MR) is 88.1 cm³/mol. The van der Waals surface area contributed by atoms with E-state index in [-0.39, 0.29) is 6.61 Å². The first-order valence-corrected chi connectivity index (χ1v) is 7.60. The minimum Gasteiger partial charge on any atom is -0.496 e. The van der Waals surface area contributed by atoms with Crippen LogP contribution in [0.2, 0.25) is 0 Å². The third kappa shape index (κ3) is 5.16. The first kappa shape index (κ1) is 18.1. The van der Waals surface area contributed by atoms with Crippen LogP contribution >= 0.6 is 0 Å². The fourth-order valence-electron chi connectivity index (χ4n) is 2.03. The fourth-order valence-corrected chi connectivity index (χ4v) is 2.03. The molecule has 1 aromatic carbocycles. The molecule has 0 spiro atoms. The van der Waals surface area contributed by atoms with Gasteiger partial charge in [-0.3, -0.25) is 0 Å². The largest absolute Gasteiger partial charge is 0.496 e. The molecule has 1 N–H and O–H groups in total. The van der Waals surface area contributed by atoms with Crippen molar-refractivity contribution < 1.29 is 24.1 Å². The van der Waals surface area contributed by atoms with Gasteiger partial charge >= 0.3 is 0 Å². The van der Waals surface area contributed by atoms with Crippen molar-refractivity contribution in [2.45, 2.75) is 6.61 Å². The van der Waals surface area contributed by atoms with E-state index in [1.54, 1.807) is 20.3 Å². The number of para-hydroxylation sites is 1. The first-order chi connectivity index (χ1) is 11.8. The van der Waals surface area contributed by atoms with Gasteiger partial charge in [-0.2, -0.15) is 4.98 Å². The number of hydrogen-bond acceptors (Lipinski definition) is 7. The lowest BCUT2D eigenvalue weighted by atomic mass is 10.2. The van der Waals surface area contributed by atoms with E-state index in [9.17, 15) is 5.11 Å². The van der Waals surface area contributed by atoms with Gasteiger partial charge in [0.2, 0.25) is 5.88 Å². The second kappa shape index (κ2) is 9.82. The van der Waals surface area contributed by atoms with Gasteiger partial charge in [-0.05, 0) is 12.1 Å². The Morgan fingerprint density at radius 2 is 1.79 bits per heavy atom. The molecule has 7 heteroatoms. The maximum atomic E-state index is 9.41. The minimum absolute atomic E-state index is 0.203. The number of aliphatic hydroxyl groups excluding tert-OH is 1. The molecule has 0 aliphatic carbocycles. The zero-order valence-electron chi connectivity index (χ0n) is 13.9. The van der Waals surface area contributed by atoms with Crippen molar-refractivity contribution >= 4 is 0 Å². The van der Waals surface area contributed by atoms with Crippen molar-refractivity contribution in [3.05, 3.63) is 36.0 Å². The maximum Gasteiger partial charge on any atom is 0.217 e. The van der Waals surface area contributed by atoms with Crippen LogP contribution in [0.4, 0.5) is 0 Å². The number of nitrogens with zero attached hydrogens (tertiary/aromatic N) is 2. The van der Waals surface area contributed by atoms with Gasteiger partial charge in [0.1, 0.15) is 12.4 Å². The van der Waals surface area contributed by atoms with Crippen LogP contribution in [-0.2, 0) is 16.1 Å². The Kier molecular flexibility index (Phi) is 7.41. The number of hydrogen-bond donors (Lipinski definition) is 1. The molecule has 2 aromatic rings. The van der Waals surface area contributed by atoms with E-state index in [0.717, 1.165) is 5.56 Å². The van der Waals surface area contributed by atoms with Gasteiger partial charge in [0.15, 0.2) is 5.82 Å². The summed E-state index contributed by atoms with van der Waals surface area (Å²) < 4.78 is 21.2. The van der Waals surface area contributed by atoms with Gasteiger partial charge in [0.05, 0.1) is 44.8 Å². The van der Waals surface area contributed by atoms with E-state index < -0.39 is 0 Å². The van der Waals surface area contributed by atoms with Crippen LogP contribution in [0.25, 0.3) is 11.4 Å². The normalized spacial score (nSPS) is 10.6. The zero-order chi connectivity index (χ0) is 17.2. The monoisotopic (exact) mass is 334 g/mol. The Labute approximate surface area is 141 Å². The smallest absolute Gasteiger partial charge is 0.217 e. The Bertz CT molecular complexity index is 636. The molecule has 1 aromatic heterocycles. The molecule has 0 saturated carbocycles. The molecule has 0 atom stereocenters. The summed E-state index contributed by atoms with van der Waals surface area (Å²) in [6.07, 6.45) is 0. The SMILES string of the molecule is COCCOCCOc1cc(CO)nc(-c2ccccc2OC)n1. The van der Waals surface area contributed by atoms with Crippen LogP contribution < -0.4 is 9.47 Å². The third-order valence-electron chi connectivity index (χ3n) is 3.17. The highest BCUT2D eigenvalue weighted by Crippen LogP contribution is 2.28. The van der Waals surface area contributed by atoms with Gasteiger partial charge in [0, 0.05) is 13.2 Å². The Morgan fingerprint density at radius 3 is 2.54 bits per heavy atom. The molecule has 0 fully saturated rings. The van der Waals surface area contributed by atoms with Crippen LogP contribution in [0, 0.1) is 0 Å². The van der Waals surface area contributed by atoms with Crippen LogP contribution in [-0.4, -0.2) is 55.7 Å². The fraction of sp³-hybridized carbons (Fsp3) is 0.412. The lowest BCUT2D eigenvalue weighted by molar-refractivity contribution is 0.0536. The molecule has 0 aliphatic heterocycles. The summed E-state index contributed by atoms with van der Waals surface area (Å²) in [4.78, 5) is 8.72. The first-order valence-electron chi connectivity index (χ1n) is 7.60. The summed E-state index contributed by atoms with van der Waals surface area (Å²) in [5.74, 6) is 1.47. The molecule has 0 saturated heterocycles. The van der Waals surface area contributed by atoms with E-state index in [1.165, 1.54) is 0 Å². The Balaban J connectivity index is 2.10. The molecule has 0 radical (unpaired) electrons. The maximum absolute atomic E-state index is 9.41. The number of ether oxygens (including phenoxy) is 4. The molecular formula is C17H22N2O5. The van der Waals surface area contributed by atoms with Gasteiger partial charge in [-0.25, -0.2) is 4.98 Å². The highest BCUT2D eigenvalue weighted by molar-refractivity contribution is 5.64. The molecule has 0 bridgehead atoms. The summed E-state index contributed by atoms with van der Waals surface area (Å²) in [5.41, 5.74) is 1.21. The quantitative estimate of drug-likeness (QED) is 0.662. The Hall–Kier alpha value is -2.22. The molecule has 0 aliphatic rings. The number of aliphatic hydroxyl groups is 1.